The molecule has 14 heavy (non-hydrogen) atoms. The molecule has 0 aromatic heterocycles. The maximum absolute atomic E-state index is 11.7. The van der Waals surface area contributed by atoms with Gasteiger partial charge >= 0.3 is 0 Å². The van der Waals surface area contributed by atoms with Crippen LogP contribution in [-0.4, -0.2) is 31.6 Å². The van der Waals surface area contributed by atoms with Gasteiger partial charge in [-0.2, -0.15) is 3.77 Å². The molecule has 2 heterocycles. The van der Waals surface area contributed by atoms with Gasteiger partial charge in [0.2, 0.25) is 0 Å². The molecule has 0 atom stereocenters. The number of nitrogens with zero attached hydrogens (tertiary/aromatic N) is 2. The Hall–Kier alpha value is 0.150. The van der Waals surface area contributed by atoms with Gasteiger partial charge in [-0.05, 0) is 35.8 Å². The van der Waals surface area contributed by atoms with Crippen molar-refractivity contribution < 1.29 is 4.79 Å². The molecule has 0 aromatic rings. The van der Waals surface area contributed by atoms with Gasteiger partial charge < -0.3 is 4.90 Å². The first-order chi connectivity index (χ1) is 6.77. The summed E-state index contributed by atoms with van der Waals surface area (Å²) in [6.07, 6.45) is 2.25. The Kier molecular flexibility index (Phi) is 3.64. The molecule has 76 valence electrons. The fourth-order valence-corrected chi connectivity index (χ4v) is 4.27. The summed E-state index contributed by atoms with van der Waals surface area (Å²) >= 11 is 8.87. The first-order valence-electron chi connectivity index (χ1n) is 4.20. The number of carbonyl (C=O) groups is 1. The van der Waals surface area contributed by atoms with Crippen LogP contribution < -0.4 is 0 Å². The van der Waals surface area contributed by atoms with E-state index in [9.17, 15) is 4.79 Å². The van der Waals surface area contributed by atoms with Crippen molar-refractivity contribution in [2.75, 3.05) is 13.1 Å². The van der Waals surface area contributed by atoms with Crippen molar-refractivity contribution >= 4 is 60.7 Å². The highest BCUT2D eigenvalue weighted by molar-refractivity contribution is 8.43. The smallest absolute Gasteiger partial charge is 0.287 e. The lowest BCUT2D eigenvalue weighted by atomic mass is 10.4. The zero-order chi connectivity index (χ0) is 9.97. The van der Waals surface area contributed by atoms with E-state index in [0.29, 0.717) is 0 Å². The minimum atomic E-state index is 0.116. The first-order valence-corrected chi connectivity index (χ1v) is 6.97. The molecule has 0 aliphatic carbocycles. The number of hydrogen-bond acceptors (Lipinski definition) is 5. The van der Waals surface area contributed by atoms with Crippen molar-refractivity contribution in [2.45, 2.75) is 12.8 Å². The van der Waals surface area contributed by atoms with Gasteiger partial charge in [0.05, 0.1) is 0 Å². The van der Waals surface area contributed by atoms with E-state index >= 15 is 0 Å². The van der Waals surface area contributed by atoms with Crippen LogP contribution in [-0.2, 0) is 11.1 Å². The SMILES string of the molecule is O=C(SC1=S=NSC1=S)N1CCCC1. The number of carbonyl (C=O) groups excluding carboxylic acids is 1. The highest BCUT2D eigenvalue weighted by Gasteiger charge is 2.22. The normalized spacial score (nSPS) is 21.0. The van der Waals surface area contributed by atoms with Gasteiger partial charge in [-0.1, -0.05) is 12.2 Å². The van der Waals surface area contributed by atoms with Crippen molar-refractivity contribution in [2.24, 2.45) is 3.77 Å². The third-order valence-corrected chi connectivity index (χ3v) is 5.53. The van der Waals surface area contributed by atoms with Crippen LogP contribution in [0.5, 0.6) is 0 Å². The first kappa shape index (κ1) is 10.7. The van der Waals surface area contributed by atoms with E-state index in [1.807, 2.05) is 4.90 Å². The fraction of sp³-hybridized carbons (Fsp3) is 0.571. The summed E-state index contributed by atoms with van der Waals surface area (Å²) in [5.74, 6) is 0. The standard InChI is InChI=1S/C7H8N2OS4/c10-7(9-3-1-2-4-9)12-6-5(11)13-8-14-6/h1-4H2. The third kappa shape index (κ3) is 2.39. The Morgan fingerprint density at radius 3 is 2.79 bits per heavy atom. The zero-order valence-electron chi connectivity index (χ0n) is 7.26. The molecule has 1 amide bonds. The zero-order valence-corrected chi connectivity index (χ0v) is 10.5. The molecular formula is C7H8N2OS4. The van der Waals surface area contributed by atoms with Crippen molar-refractivity contribution in [3.63, 3.8) is 0 Å². The minimum absolute atomic E-state index is 0.116. The lowest BCUT2D eigenvalue weighted by molar-refractivity contribution is 0.234. The maximum Gasteiger partial charge on any atom is 0.287 e. The van der Waals surface area contributed by atoms with Crippen LogP contribution in [0.1, 0.15) is 12.8 Å². The van der Waals surface area contributed by atoms with Gasteiger partial charge in [0.25, 0.3) is 5.24 Å². The lowest BCUT2D eigenvalue weighted by Gasteiger charge is -2.13. The Morgan fingerprint density at radius 1 is 1.50 bits per heavy atom. The number of hydrogen-bond donors (Lipinski definition) is 0. The largest absolute Gasteiger partial charge is 0.333 e. The molecule has 2 rings (SSSR count). The van der Waals surface area contributed by atoms with Crippen molar-refractivity contribution in [1.29, 1.82) is 0 Å². The second-order valence-electron chi connectivity index (χ2n) is 2.89. The monoisotopic (exact) mass is 264 g/mol. The Morgan fingerprint density at radius 2 is 2.21 bits per heavy atom. The highest BCUT2D eigenvalue weighted by Crippen LogP contribution is 2.23. The van der Waals surface area contributed by atoms with E-state index in [2.05, 4.69) is 3.77 Å². The molecule has 0 aromatic carbocycles. The topological polar surface area (TPSA) is 32.7 Å². The fourth-order valence-electron chi connectivity index (χ4n) is 1.26. The summed E-state index contributed by atoms with van der Waals surface area (Å²) in [4.78, 5) is 13.6. The van der Waals surface area contributed by atoms with Gasteiger partial charge in [-0.3, -0.25) is 4.79 Å². The molecular weight excluding hydrogens is 256 g/mol. The van der Waals surface area contributed by atoms with Crippen LogP contribution in [0.4, 0.5) is 4.79 Å². The second-order valence-corrected chi connectivity index (χ2v) is 6.56. The number of rotatable bonds is 0. The maximum atomic E-state index is 11.7. The van der Waals surface area contributed by atoms with E-state index in [1.165, 1.54) is 34.9 Å². The van der Waals surface area contributed by atoms with Crippen LogP contribution in [0.3, 0.4) is 0 Å². The van der Waals surface area contributed by atoms with Crippen LogP contribution >= 0.6 is 35.9 Å². The molecule has 0 saturated carbocycles. The van der Waals surface area contributed by atoms with Gasteiger partial charge in [-0.15, -0.1) is 0 Å². The number of amides is 1. The molecule has 0 spiro atoms. The van der Waals surface area contributed by atoms with Crippen molar-refractivity contribution in [3.8, 4) is 0 Å². The predicted octanol–water partition coefficient (Wildman–Crippen LogP) is 2.32. The van der Waals surface area contributed by atoms with Gasteiger partial charge in [-0.25, -0.2) is 0 Å². The molecule has 0 bridgehead atoms. The summed E-state index contributed by atoms with van der Waals surface area (Å²) in [7, 11) is 0. The molecule has 2 aliphatic heterocycles. The lowest BCUT2D eigenvalue weighted by Crippen LogP contribution is -2.25. The van der Waals surface area contributed by atoms with E-state index in [0.717, 1.165) is 34.3 Å². The number of likely N-dealkylation sites (tertiary alicyclic amines) is 1. The average molecular weight is 264 g/mol. The molecule has 0 N–H and O–H groups in total. The summed E-state index contributed by atoms with van der Waals surface area (Å²) in [6.45, 7) is 1.78. The Bertz CT molecular complexity index is 342. The number of thiocarbonyl (C=S) groups is 1. The highest BCUT2D eigenvalue weighted by atomic mass is 32.2. The van der Waals surface area contributed by atoms with Crippen LogP contribution in [0.15, 0.2) is 3.77 Å². The molecule has 2 aliphatic rings. The molecule has 3 nitrogen and oxygen atoms in total. The third-order valence-electron chi connectivity index (χ3n) is 1.95. The summed E-state index contributed by atoms with van der Waals surface area (Å²) in [5, 5.41) is 0.116. The summed E-state index contributed by atoms with van der Waals surface area (Å²) < 4.78 is 5.58. The summed E-state index contributed by atoms with van der Waals surface area (Å²) in [5.41, 5.74) is 0. The molecule has 1 fully saturated rings. The molecule has 0 radical (unpaired) electrons. The van der Waals surface area contributed by atoms with E-state index in [4.69, 9.17) is 12.2 Å². The minimum Gasteiger partial charge on any atom is -0.333 e. The van der Waals surface area contributed by atoms with Gasteiger partial charge in [0.15, 0.2) is 0 Å². The van der Waals surface area contributed by atoms with Crippen molar-refractivity contribution in [3.05, 3.63) is 0 Å². The summed E-state index contributed by atoms with van der Waals surface area (Å²) in [6, 6.07) is 0. The van der Waals surface area contributed by atoms with E-state index < -0.39 is 0 Å². The molecule has 7 heteroatoms. The number of thioether (sulfide) groups is 1. The quantitative estimate of drug-likeness (QED) is 0.496. The van der Waals surface area contributed by atoms with Gasteiger partial charge in [0, 0.05) is 25.0 Å². The van der Waals surface area contributed by atoms with E-state index in [1.54, 1.807) is 0 Å². The average Bonchev–Trinajstić information content (AvgIpc) is 2.77. The van der Waals surface area contributed by atoms with Crippen LogP contribution in [0.2, 0.25) is 0 Å². The molecule has 0 unspecified atom stereocenters. The van der Waals surface area contributed by atoms with E-state index in [-0.39, 0.29) is 5.24 Å². The second kappa shape index (κ2) is 4.78. The van der Waals surface area contributed by atoms with Crippen LogP contribution in [0.25, 0.3) is 0 Å². The van der Waals surface area contributed by atoms with Gasteiger partial charge in [0.1, 0.15) is 8.39 Å². The van der Waals surface area contributed by atoms with Crippen molar-refractivity contribution in [1.82, 2.24) is 4.90 Å². The molecule has 1 saturated heterocycles. The van der Waals surface area contributed by atoms with Crippen LogP contribution in [0, 0.1) is 0 Å². The Labute approximate surface area is 99.8 Å². The Balaban J connectivity index is 1.94. The predicted molar refractivity (Wildman–Crippen MR) is 68.8 cm³/mol.